The lowest BCUT2D eigenvalue weighted by Gasteiger charge is -2.07. The summed E-state index contributed by atoms with van der Waals surface area (Å²) in [4.78, 5) is 11.4. The van der Waals surface area contributed by atoms with Gasteiger partial charge in [-0.15, -0.1) is 11.6 Å². The van der Waals surface area contributed by atoms with Crippen molar-refractivity contribution in [2.24, 2.45) is 0 Å². The van der Waals surface area contributed by atoms with E-state index in [1.54, 1.807) is 24.3 Å². The highest BCUT2D eigenvalue weighted by atomic mass is 35.5. The van der Waals surface area contributed by atoms with Crippen LogP contribution < -0.4 is 10.1 Å². The van der Waals surface area contributed by atoms with Crippen LogP contribution in [-0.2, 0) is 4.79 Å². The number of halogens is 2. The van der Waals surface area contributed by atoms with Gasteiger partial charge in [0.15, 0.2) is 6.61 Å². The highest BCUT2D eigenvalue weighted by molar-refractivity contribution is 6.30. The van der Waals surface area contributed by atoms with Crippen LogP contribution in [0.3, 0.4) is 0 Å². The number of ether oxygens (including phenoxy) is 1. The summed E-state index contributed by atoms with van der Waals surface area (Å²) in [5.74, 6) is 1.07. The van der Waals surface area contributed by atoms with Gasteiger partial charge in [-0.25, -0.2) is 0 Å². The maximum atomic E-state index is 11.4. The van der Waals surface area contributed by atoms with E-state index in [9.17, 15) is 4.79 Å². The molecule has 0 spiro atoms. The minimum absolute atomic E-state index is 0.00121. The molecule has 0 fully saturated rings. The summed E-state index contributed by atoms with van der Waals surface area (Å²) < 4.78 is 5.28. The molecule has 0 aliphatic heterocycles. The molecular formula is C12H15Cl2NO2. The molecule has 0 bridgehead atoms. The minimum atomic E-state index is -0.139. The molecule has 0 saturated heterocycles. The molecule has 0 saturated carbocycles. The average molecular weight is 276 g/mol. The molecular weight excluding hydrogens is 261 g/mol. The Morgan fingerprint density at radius 2 is 2.18 bits per heavy atom. The maximum Gasteiger partial charge on any atom is 0.257 e. The molecule has 1 N–H and O–H groups in total. The predicted octanol–water partition coefficient (Wildman–Crippen LogP) is 2.85. The van der Waals surface area contributed by atoms with Gasteiger partial charge in [-0.2, -0.15) is 0 Å². The summed E-state index contributed by atoms with van der Waals surface area (Å²) >= 11 is 11.3. The Hall–Kier alpha value is -0.930. The lowest BCUT2D eigenvalue weighted by molar-refractivity contribution is -0.123. The standard InChI is InChI=1S/C12H15Cl2NO2/c13-6-1-2-7-15-12(16)9-17-11-5-3-4-10(14)8-11/h3-5,8H,1-2,6-7,9H2,(H,15,16). The number of rotatable bonds is 7. The Balaban J connectivity index is 2.19. The van der Waals surface area contributed by atoms with Gasteiger partial charge >= 0.3 is 0 Å². The normalized spacial score (nSPS) is 10.0. The van der Waals surface area contributed by atoms with Crippen molar-refractivity contribution in [1.82, 2.24) is 5.32 Å². The molecule has 0 heterocycles. The first-order valence-electron chi connectivity index (χ1n) is 5.43. The number of unbranched alkanes of at least 4 members (excludes halogenated alkanes) is 1. The topological polar surface area (TPSA) is 38.3 Å². The molecule has 1 aromatic carbocycles. The van der Waals surface area contributed by atoms with Crippen LogP contribution in [0.25, 0.3) is 0 Å². The highest BCUT2D eigenvalue weighted by Gasteiger charge is 2.02. The molecule has 0 unspecified atom stereocenters. The van der Waals surface area contributed by atoms with Crippen LogP contribution in [0.5, 0.6) is 5.75 Å². The third-order valence-corrected chi connectivity index (χ3v) is 2.55. The van der Waals surface area contributed by atoms with Crippen molar-refractivity contribution in [1.29, 1.82) is 0 Å². The van der Waals surface area contributed by atoms with Crippen LogP contribution in [-0.4, -0.2) is 24.9 Å². The van der Waals surface area contributed by atoms with Crippen LogP contribution in [0, 0.1) is 0 Å². The van der Waals surface area contributed by atoms with Crippen molar-refractivity contribution in [2.45, 2.75) is 12.8 Å². The summed E-state index contributed by atoms with van der Waals surface area (Å²) in [5, 5.41) is 3.33. The molecule has 1 rings (SSSR count). The van der Waals surface area contributed by atoms with Crippen molar-refractivity contribution >= 4 is 29.1 Å². The van der Waals surface area contributed by atoms with E-state index < -0.39 is 0 Å². The van der Waals surface area contributed by atoms with Crippen molar-refractivity contribution in [2.75, 3.05) is 19.0 Å². The number of hydrogen-bond acceptors (Lipinski definition) is 2. The van der Waals surface area contributed by atoms with E-state index in [-0.39, 0.29) is 12.5 Å². The van der Waals surface area contributed by atoms with Crippen LogP contribution in [0.15, 0.2) is 24.3 Å². The maximum absolute atomic E-state index is 11.4. The molecule has 0 atom stereocenters. The Labute approximate surface area is 111 Å². The van der Waals surface area contributed by atoms with Gasteiger partial charge < -0.3 is 10.1 Å². The van der Waals surface area contributed by atoms with Crippen molar-refractivity contribution in [3.63, 3.8) is 0 Å². The van der Waals surface area contributed by atoms with Crippen LogP contribution in [0.4, 0.5) is 0 Å². The first-order valence-corrected chi connectivity index (χ1v) is 6.34. The predicted molar refractivity (Wildman–Crippen MR) is 69.9 cm³/mol. The third kappa shape index (κ3) is 6.39. The molecule has 0 aliphatic carbocycles. The molecule has 5 heteroatoms. The quantitative estimate of drug-likeness (QED) is 0.614. The van der Waals surface area contributed by atoms with Crippen LogP contribution in [0.2, 0.25) is 5.02 Å². The highest BCUT2D eigenvalue weighted by Crippen LogP contribution is 2.16. The van der Waals surface area contributed by atoms with Crippen LogP contribution >= 0.6 is 23.2 Å². The van der Waals surface area contributed by atoms with Crippen LogP contribution in [0.1, 0.15) is 12.8 Å². The zero-order valence-corrected chi connectivity index (χ0v) is 10.9. The first-order chi connectivity index (χ1) is 8.22. The molecule has 94 valence electrons. The Kier molecular flexibility index (Phi) is 6.82. The first kappa shape index (κ1) is 14.1. The Bertz CT molecular complexity index is 358. The Morgan fingerprint density at radius 3 is 2.88 bits per heavy atom. The van der Waals surface area contributed by atoms with E-state index in [0.29, 0.717) is 23.2 Å². The molecule has 0 radical (unpaired) electrons. The van der Waals surface area contributed by atoms with Gasteiger partial charge in [0, 0.05) is 17.4 Å². The fourth-order valence-electron chi connectivity index (χ4n) is 1.20. The minimum Gasteiger partial charge on any atom is -0.484 e. The van der Waals surface area contributed by atoms with Gasteiger partial charge in [-0.1, -0.05) is 17.7 Å². The fraction of sp³-hybridized carbons (Fsp3) is 0.417. The number of carbonyl (C=O) groups excluding carboxylic acids is 1. The zero-order valence-electron chi connectivity index (χ0n) is 9.42. The van der Waals surface area contributed by atoms with Gasteiger partial charge in [0.25, 0.3) is 5.91 Å². The summed E-state index contributed by atoms with van der Waals surface area (Å²) in [6, 6.07) is 6.95. The van der Waals surface area contributed by atoms with Gasteiger partial charge in [0.1, 0.15) is 5.75 Å². The van der Waals surface area contributed by atoms with Gasteiger partial charge in [0.05, 0.1) is 0 Å². The van der Waals surface area contributed by atoms with Crippen molar-refractivity contribution < 1.29 is 9.53 Å². The summed E-state index contributed by atoms with van der Waals surface area (Å²) in [6.07, 6.45) is 1.78. The van der Waals surface area contributed by atoms with E-state index in [1.807, 2.05) is 0 Å². The molecule has 0 aliphatic rings. The van der Waals surface area contributed by atoms with E-state index >= 15 is 0 Å². The van der Waals surface area contributed by atoms with E-state index in [1.165, 1.54) is 0 Å². The van der Waals surface area contributed by atoms with Gasteiger partial charge in [-0.05, 0) is 31.0 Å². The number of benzene rings is 1. The van der Waals surface area contributed by atoms with Gasteiger partial charge in [-0.3, -0.25) is 4.79 Å². The molecule has 1 amide bonds. The van der Waals surface area contributed by atoms with E-state index in [4.69, 9.17) is 27.9 Å². The molecule has 3 nitrogen and oxygen atoms in total. The number of hydrogen-bond donors (Lipinski definition) is 1. The number of amides is 1. The lowest BCUT2D eigenvalue weighted by atomic mass is 10.3. The molecule has 1 aromatic rings. The largest absolute Gasteiger partial charge is 0.484 e. The molecule has 0 aromatic heterocycles. The Morgan fingerprint density at radius 1 is 1.35 bits per heavy atom. The van der Waals surface area contributed by atoms with E-state index in [0.717, 1.165) is 12.8 Å². The third-order valence-electron chi connectivity index (χ3n) is 2.05. The smallest absolute Gasteiger partial charge is 0.257 e. The van der Waals surface area contributed by atoms with Crippen molar-refractivity contribution in [3.8, 4) is 5.75 Å². The number of nitrogens with one attached hydrogen (secondary N) is 1. The summed E-state index contributed by atoms with van der Waals surface area (Å²) in [7, 11) is 0. The second-order valence-electron chi connectivity index (χ2n) is 3.49. The summed E-state index contributed by atoms with van der Waals surface area (Å²) in [6.45, 7) is 0.631. The van der Waals surface area contributed by atoms with E-state index in [2.05, 4.69) is 5.32 Å². The van der Waals surface area contributed by atoms with Crippen molar-refractivity contribution in [3.05, 3.63) is 29.3 Å². The fourth-order valence-corrected chi connectivity index (χ4v) is 1.57. The second kappa shape index (κ2) is 8.20. The lowest BCUT2D eigenvalue weighted by Crippen LogP contribution is -2.29. The van der Waals surface area contributed by atoms with Gasteiger partial charge in [0.2, 0.25) is 0 Å². The monoisotopic (exact) mass is 275 g/mol. The number of carbonyl (C=O) groups is 1. The number of alkyl halides is 1. The zero-order chi connectivity index (χ0) is 12.5. The summed E-state index contributed by atoms with van der Waals surface area (Å²) in [5.41, 5.74) is 0. The SMILES string of the molecule is O=C(COc1cccc(Cl)c1)NCCCCCl. The average Bonchev–Trinajstić information content (AvgIpc) is 2.32. The second-order valence-corrected chi connectivity index (χ2v) is 4.31. The molecule has 17 heavy (non-hydrogen) atoms.